The summed E-state index contributed by atoms with van der Waals surface area (Å²) in [7, 11) is 0. The fourth-order valence-corrected chi connectivity index (χ4v) is 3.71. The van der Waals surface area contributed by atoms with Crippen molar-refractivity contribution in [2.75, 3.05) is 11.9 Å². The van der Waals surface area contributed by atoms with Gasteiger partial charge in [-0.05, 0) is 30.7 Å². The first-order valence-corrected chi connectivity index (χ1v) is 10.1. The maximum atomic E-state index is 12.4. The van der Waals surface area contributed by atoms with Crippen LogP contribution in [0, 0.1) is 0 Å². The summed E-state index contributed by atoms with van der Waals surface area (Å²) in [5.41, 5.74) is 1.69. The van der Waals surface area contributed by atoms with Crippen LogP contribution in [0.3, 0.4) is 0 Å². The third-order valence-corrected chi connectivity index (χ3v) is 5.14. The van der Waals surface area contributed by atoms with Crippen molar-refractivity contribution in [1.29, 1.82) is 0 Å². The van der Waals surface area contributed by atoms with Crippen molar-refractivity contribution < 1.29 is 9.15 Å². The number of hydrogen-bond donors (Lipinski definition) is 1. The van der Waals surface area contributed by atoms with Crippen molar-refractivity contribution in [3.63, 3.8) is 0 Å². The Morgan fingerprint density at radius 3 is 2.93 bits per heavy atom. The molecule has 0 spiro atoms. The highest BCUT2D eigenvalue weighted by atomic mass is 35.5. The molecule has 0 aliphatic carbocycles. The number of hydrogen-bond acceptors (Lipinski definition) is 6. The van der Waals surface area contributed by atoms with Gasteiger partial charge in [-0.1, -0.05) is 42.8 Å². The minimum atomic E-state index is -0.468. The monoisotopic (exact) mass is 412 g/mol. The Balaban J connectivity index is 1.65. The van der Waals surface area contributed by atoms with Crippen LogP contribution < -0.4 is 15.7 Å². The first-order valence-electron chi connectivity index (χ1n) is 8.83. The smallest absolute Gasteiger partial charge is 0.345 e. The molecule has 0 saturated heterocycles. The Labute approximate surface area is 170 Å². The molecule has 0 atom stereocenters. The van der Waals surface area contributed by atoms with Crippen LogP contribution in [0.4, 0.5) is 10.8 Å². The standard InChI is InChI=1S/C21H17ClN2O3S/c1-2-10-26-18-9-4-3-8-16(18)23-21-24-17(12-28-21)14-11-13-6-5-7-15(22)19(13)27-20(14)25/h3-9,11-12H,2,10H2,1H3,(H,23,24). The number of thiazole rings is 1. The second-order valence-electron chi connectivity index (χ2n) is 6.11. The van der Waals surface area contributed by atoms with Gasteiger partial charge in [0.15, 0.2) is 10.7 Å². The normalized spacial score (nSPS) is 10.9. The molecule has 0 aliphatic rings. The number of nitrogens with one attached hydrogen (secondary N) is 1. The van der Waals surface area contributed by atoms with E-state index < -0.39 is 5.63 Å². The van der Waals surface area contributed by atoms with Crippen LogP contribution >= 0.6 is 22.9 Å². The van der Waals surface area contributed by atoms with E-state index in [1.54, 1.807) is 12.1 Å². The summed E-state index contributed by atoms with van der Waals surface area (Å²) >= 11 is 7.51. The zero-order valence-electron chi connectivity index (χ0n) is 15.1. The van der Waals surface area contributed by atoms with Gasteiger partial charge in [-0.2, -0.15) is 0 Å². The molecule has 0 bridgehead atoms. The molecule has 2 heterocycles. The Bertz CT molecular complexity index is 1190. The molecule has 28 heavy (non-hydrogen) atoms. The topological polar surface area (TPSA) is 64.4 Å². The fourth-order valence-electron chi connectivity index (χ4n) is 2.77. The van der Waals surface area contributed by atoms with Gasteiger partial charge in [0, 0.05) is 10.8 Å². The number of anilines is 2. The number of para-hydroxylation sites is 3. The minimum absolute atomic E-state index is 0.383. The lowest BCUT2D eigenvalue weighted by atomic mass is 10.1. The molecule has 2 aromatic heterocycles. The number of ether oxygens (including phenoxy) is 1. The number of benzene rings is 2. The van der Waals surface area contributed by atoms with Crippen LogP contribution in [0.5, 0.6) is 5.75 Å². The molecule has 0 radical (unpaired) electrons. The van der Waals surface area contributed by atoms with Gasteiger partial charge in [-0.3, -0.25) is 0 Å². The van der Waals surface area contributed by atoms with Crippen molar-refractivity contribution in [1.82, 2.24) is 4.98 Å². The number of rotatable bonds is 6. The van der Waals surface area contributed by atoms with Crippen molar-refractivity contribution in [2.24, 2.45) is 0 Å². The second-order valence-corrected chi connectivity index (χ2v) is 7.38. The zero-order chi connectivity index (χ0) is 19.5. The van der Waals surface area contributed by atoms with E-state index in [1.807, 2.05) is 41.8 Å². The zero-order valence-corrected chi connectivity index (χ0v) is 16.6. The lowest BCUT2D eigenvalue weighted by Gasteiger charge is -2.10. The van der Waals surface area contributed by atoms with Crippen molar-refractivity contribution in [2.45, 2.75) is 13.3 Å². The van der Waals surface area contributed by atoms with Gasteiger partial charge in [0.2, 0.25) is 0 Å². The number of fused-ring (bicyclic) bond motifs is 1. The molecule has 0 saturated carbocycles. The first kappa shape index (κ1) is 18.5. The van der Waals surface area contributed by atoms with Gasteiger partial charge in [0.05, 0.1) is 28.6 Å². The molecule has 7 heteroatoms. The lowest BCUT2D eigenvalue weighted by molar-refractivity contribution is 0.319. The molecule has 5 nitrogen and oxygen atoms in total. The van der Waals surface area contributed by atoms with E-state index in [0.29, 0.717) is 33.6 Å². The van der Waals surface area contributed by atoms with Crippen LogP contribution in [0.15, 0.2) is 63.1 Å². The molecule has 0 amide bonds. The first-order chi connectivity index (χ1) is 13.7. The average Bonchev–Trinajstić information content (AvgIpc) is 3.16. The van der Waals surface area contributed by atoms with E-state index in [1.165, 1.54) is 11.3 Å². The molecule has 4 aromatic rings. The number of halogens is 1. The molecule has 2 aromatic carbocycles. The van der Waals surface area contributed by atoms with Crippen molar-refractivity contribution >= 4 is 44.7 Å². The third-order valence-electron chi connectivity index (χ3n) is 4.08. The largest absolute Gasteiger partial charge is 0.491 e. The van der Waals surface area contributed by atoms with Gasteiger partial charge in [0.25, 0.3) is 0 Å². The van der Waals surface area contributed by atoms with E-state index in [4.69, 9.17) is 20.8 Å². The predicted octanol–water partition coefficient (Wildman–Crippen LogP) is 6.10. The Hall–Kier alpha value is -2.83. The molecular formula is C21H17ClN2O3S. The predicted molar refractivity (Wildman–Crippen MR) is 114 cm³/mol. The van der Waals surface area contributed by atoms with E-state index in [2.05, 4.69) is 17.2 Å². The highest BCUT2D eigenvalue weighted by molar-refractivity contribution is 7.14. The Morgan fingerprint density at radius 2 is 2.07 bits per heavy atom. The summed E-state index contributed by atoms with van der Waals surface area (Å²) in [4.78, 5) is 17.0. The highest BCUT2D eigenvalue weighted by Gasteiger charge is 2.14. The summed E-state index contributed by atoms with van der Waals surface area (Å²) in [5.74, 6) is 0.765. The molecule has 1 N–H and O–H groups in total. The third kappa shape index (κ3) is 3.74. The molecule has 0 fully saturated rings. The van der Waals surface area contributed by atoms with Crippen LogP contribution in [0.25, 0.3) is 22.2 Å². The van der Waals surface area contributed by atoms with Gasteiger partial charge in [-0.25, -0.2) is 9.78 Å². The molecule has 0 unspecified atom stereocenters. The average molecular weight is 413 g/mol. The summed E-state index contributed by atoms with van der Waals surface area (Å²) in [6.45, 7) is 2.70. The van der Waals surface area contributed by atoms with E-state index in [0.717, 1.165) is 23.2 Å². The van der Waals surface area contributed by atoms with Gasteiger partial charge in [-0.15, -0.1) is 11.3 Å². The molecule has 4 rings (SSSR count). The SMILES string of the molecule is CCCOc1ccccc1Nc1nc(-c2cc3cccc(Cl)c3oc2=O)cs1. The van der Waals surface area contributed by atoms with Gasteiger partial charge < -0.3 is 14.5 Å². The Kier molecular flexibility index (Phi) is 5.32. The van der Waals surface area contributed by atoms with Crippen molar-refractivity contribution in [3.05, 3.63) is 69.4 Å². The van der Waals surface area contributed by atoms with Crippen molar-refractivity contribution in [3.8, 4) is 17.0 Å². The molecule has 142 valence electrons. The second kappa shape index (κ2) is 8.04. The Morgan fingerprint density at radius 1 is 1.21 bits per heavy atom. The van der Waals surface area contributed by atoms with Crippen LogP contribution in [0.1, 0.15) is 13.3 Å². The van der Waals surface area contributed by atoms with Crippen LogP contribution in [0.2, 0.25) is 5.02 Å². The summed E-state index contributed by atoms with van der Waals surface area (Å²) in [5, 5.41) is 6.91. The highest BCUT2D eigenvalue weighted by Crippen LogP contribution is 2.32. The minimum Gasteiger partial charge on any atom is -0.491 e. The van der Waals surface area contributed by atoms with Crippen LogP contribution in [-0.4, -0.2) is 11.6 Å². The van der Waals surface area contributed by atoms with E-state index in [-0.39, 0.29) is 0 Å². The van der Waals surface area contributed by atoms with Crippen LogP contribution in [-0.2, 0) is 0 Å². The van der Waals surface area contributed by atoms with Gasteiger partial charge in [0.1, 0.15) is 5.75 Å². The summed E-state index contributed by atoms with van der Waals surface area (Å²) in [6.07, 6.45) is 0.928. The summed E-state index contributed by atoms with van der Waals surface area (Å²) < 4.78 is 11.2. The van der Waals surface area contributed by atoms with Gasteiger partial charge >= 0.3 is 5.63 Å². The van der Waals surface area contributed by atoms with E-state index in [9.17, 15) is 4.79 Å². The fraction of sp³-hybridized carbons (Fsp3) is 0.143. The number of aromatic nitrogens is 1. The number of nitrogens with zero attached hydrogens (tertiary/aromatic N) is 1. The maximum Gasteiger partial charge on any atom is 0.345 e. The lowest BCUT2D eigenvalue weighted by Crippen LogP contribution is -2.03. The molecule has 0 aliphatic heterocycles. The quantitative estimate of drug-likeness (QED) is 0.387. The van der Waals surface area contributed by atoms with E-state index >= 15 is 0 Å². The molecular weight excluding hydrogens is 396 g/mol. The summed E-state index contributed by atoms with van der Waals surface area (Å²) in [6, 6.07) is 14.8. The maximum absolute atomic E-state index is 12.4.